The number of carbonyl (C=O) groups excluding carboxylic acids is 3. The van der Waals surface area contributed by atoms with Gasteiger partial charge in [0.2, 0.25) is 0 Å². The Morgan fingerprint density at radius 2 is 1.43 bits per heavy atom. The predicted octanol–water partition coefficient (Wildman–Crippen LogP) is -0.522. The zero-order valence-electron chi connectivity index (χ0n) is 21.5. The predicted molar refractivity (Wildman–Crippen MR) is 133 cm³/mol. The molecule has 5 heterocycles. The second kappa shape index (κ2) is 13.1. The summed E-state index contributed by atoms with van der Waals surface area (Å²) in [4.78, 5) is 37.1. The number of ether oxygens (including phenoxy) is 1. The molecule has 200 valence electrons. The number of amides is 5. The third kappa shape index (κ3) is 9.01. The van der Waals surface area contributed by atoms with E-state index < -0.39 is 5.60 Å². The second-order valence-electron chi connectivity index (χ2n) is 10.6. The molecular weight excluding hydrogens is 452 g/mol. The van der Waals surface area contributed by atoms with E-state index in [1.54, 1.807) is 0 Å². The summed E-state index contributed by atoms with van der Waals surface area (Å²) in [6, 6.07) is 1.01. The zero-order valence-corrected chi connectivity index (χ0v) is 21.5. The van der Waals surface area contributed by atoms with Crippen molar-refractivity contribution in [2.45, 2.75) is 51.3 Å². The van der Waals surface area contributed by atoms with Gasteiger partial charge in [-0.2, -0.15) is 0 Å². The maximum absolute atomic E-state index is 11.3. The van der Waals surface area contributed by atoms with E-state index in [1.165, 1.54) is 12.8 Å². The van der Waals surface area contributed by atoms with Gasteiger partial charge in [-0.05, 0) is 52.6 Å². The van der Waals surface area contributed by atoms with Crippen LogP contribution in [-0.2, 0) is 4.74 Å². The number of piperidine rings is 1. The van der Waals surface area contributed by atoms with Crippen LogP contribution in [-0.4, -0.2) is 118 Å². The van der Waals surface area contributed by atoms with E-state index in [2.05, 4.69) is 31.9 Å². The monoisotopic (exact) mass is 496 g/mol. The molecule has 3 atom stereocenters. The van der Waals surface area contributed by atoms with Crippen LogP contribution in [0.25, 0.3) is 0 Å². The highest BCUT2D eigenvalue weighted by atomic mass is 16.6. The molecule has 5 amide bonds. The van der Waals surface area contributed by atoms with E-state index in [-0.39, 0.29) is 18.2 Å². The van der Waals surface area contributed by atoms with Gasteiger partial charge in [0.05, 0.1) is 12.1 Å². The molecule has 5 saturated heterocycles. The van der Waals surface area contributed by atoms with E-state index in [0.29, 0.717) is 24.5 Å². The molecule has 5 aliphatic rings. The van der Waals surface area contributed by atoms with Crippen molar-refractivity contribution in [2.24, 2.45) is 5.92 Å². The van der Waals surface area contributed by atoms with Crippen molar-refractivity contribution in [1.82, 2.24) is 41.7 Å². The Bertz CT molecular complexity index is 674. The molecule has 5 fully saturated rings. The van der Waals surface area contributed by atoms with Crippen LogP contribution in [0.5, 0.6) is 0 Å². The minimum atomic E-state index is -0.408. The molecule has 0 saturated carbocycles. The van der Waals surface area contributed by atoms with Crippen molar-refractivity contribution < 1.29 is 19.1 Å². The van der Waals surface area contributed by atoms with Crippen molar-refractivity contribution in [2.75, 3.05) is 72.0 Å². The van der Waals surface area contributed by atoms with Gasteiger partial charge in [0.25, 0.3) is 0 Å². The Morgan fingerprint density at radius 1 is 0.886 bits per heavy atom. The van der Waals surface area contributed by atoms with Gasteiger partial charge in [-0.3, -0.25) is 0 Å². The molecule has 12 nitrogen and oxygen atoms in total. The number of rotatable bonds is 2. The number of piperazine rings is 2. The fraction of sp³-hybridized carbons (Fsp3) is 0.870. The highest BCUT2D eigenvalue weighted by Gasteiger charge is 2.32. The Morgan fingerprint density at radius 3 is 1.89 bits per heavy atom. The third-order valence-electron chi connectivity index (χ3n) is 6.53. The minimum Gasteiger partial charge on any atom is -0.444 e. The van der Waals surface area contributed by atoms with E-state index in [4.69, 9.17) is 4.74 Å². The molecule has 1 unspecified atom stereocenters. The normalized spacial score (nSPS) is 27.7. The first kappa shape index (κ1) is 27.3. The quantitative estimate of drug-likeness (QED) is 0.302. The van der Waals surface area contributed by atoms with Crippen LogP contribution in [0, 0.1) is 5.92 Å². The molecule has 0 aromatic carbocycles. The first-order valence-corrected chi connectivity index (χ1v) is 12.9. The minimum absolute atomic E-state index is 0.103. The van der Waals surface area contributed by atoms with Gasteiger partial charge < -0.3 is 46.4 Å². The number of nitrogens with zero attached hydrogens (tertiary/aromatic N) is 2. The summed E-state index contributed by atoms with van der Waals surface area (Å²) in [6.45, 7) is 15.5. The molecule has 5 rings (SSSR count). The van der Waals surface area contributed by atoms with Crippen molar-refractivity contribution in [3.63, 3.8) is 0 Å². The summed E-state index contributed by atoms with van der Waals surface area (Å²) < 4.78 is 5.16. The molecular formula is C23H44N8O4. The maximum atomic E-state index is 11.3. The largest absolute Gasteiger partial charge is 0.444 e. The van der Waals surface area contributed by atoms with Crippen LogP contribution in [0.3, 0.4) is 0 Å². The van der Waals surface area contributed by atoms with Gasteiger partial charge in [0.15, 0.2) is 0 Å². The topological polar surface area (TPSA) is 139 Å². The van der Waals surface area contributed by atoms with Gasteiger partial charge >= 0.3 is 18.2 Å². The average molecular weight is 497 g/mol. The van der Waals surface area contributed by atoms with Gasteiger partial charge in [-0.15, -0.1) is 0 Å². The number of alkyl carbamates (subject to hydrolysis) is 1. The lowest BCUT2D eigenvalue weighted by Crippen LogP contribution is -2.49. The summed E-state index contributed by atoms with van der Waals surface area (Å²) in [5.74, 6) is 0.547. The molecule has 0 spiro atoms. The van der Waals surface area contributed by atoms with Crippen LogP contribution in [0.1, 0.15) is 33.6 Å². The molecule has 0 radical (unpaired) electrons. The fourth-order valence-corrected chi connectivity index (χ4v) is 4.67. The Kier molecular flexibility index (Phi) is 10.2. The maximum Gasteiger partial charge on any atom is 0.407 e. The average Bonchev–Trinajstić information content (AvgIpc) is 3.41. The smallest absolute Gasteiger partial charge is 0.407 e. The second-order valence-corrected chi connectivity index (χ2v) is 10.6. The number of hydrogen-bond acceptors (Lipinski definition) is 7. The number of nitrogens with one attached hydrogen (secondary N) is 6. The molecule has 0 aliphatic carbocycles. The lowest BCUT2D eigenvalue weighted by atomic mass is 10.00. The Balaban J connectivity index is 0.000000151. The van der Waals surface area contributed by atoms with Crippen LogP contribution in [0.4, 0.5) is 14.4 Å². The molecule has 12 heteroatoms. The van der Waals surface area contributed by atoms with Crippen LogP contribution in [0.15, 0.2) is 0 Å². The Hall–Kier alpha value is -2.31. The van der Waals surface area contributed by atoms with Crippen LogP contribution >= 0.6 is 0 Å². The van der Waals surface area contributed by atoms with Crippen molar-refractivity contribution in [3.8, 4) is 0 Å². The lowest BCUT2D eigenvalue weighted by Gasteiger charge is -2.28. The van der Waals surface area contributed by atoms with Gasteiger partial charge in [-0.1, -0.05) is 0 Å². The number of urea groups is 2. The van der Waals surface area contributed by atoms with Gasteiger partial charge in [-0.25, -0.2) is 14.4 Å². The van der Waals surface area contributed by atoms with E-state index in [0.717, 1.165) is 65.4 Å². The summed E-state index contributed by atoms with van der Waals surface area (Å²) in [7, 11) is 0. The van der Waals surface area contributed by atoms with E-state index in [9.17, 15) is 14.4 Å². The fourth-order valence-electron chi connectivity index (χ4n) is 4.67. The third-order valence-corrected chi connectivity index (χ3v) is 6.53. The van der Waals surface area contributed by atoms with Crippen LogP contribution < -0.4 is 31.9 Å². The first-order valence-electron chi connectivity index (χ1n) is 12.9. The van der Waals surface area contributed by atoms with Crippen LogP contribution in [0.2, 0.25) is 0 Å². The molecule has 0 bridgehead atoms. The van der Waals surface area contributed by atoms with E-state index >= 15 is 0 Å². The summed E-state index contributed by atoms with van der Waals surface area (Å²) >= 11 is 0. The summed E-state index contributed by atoms with van der Waals surface area (Å²) in [6.07, 6.45) is 2.07. The molecule has 0 aromatic rings. The van der Waals surface area contributed by atoms with Crippen molar-refractivity contribution in [1.29, 1.82) is 0 Å². The molecule has 6 N–H and O–H groups in total. The number of hydrogen-bond donors (Lipinski definition) is 6. The highest BCUT2D eigenvalue weighted by Crippen LogP contribution is 2.10. The highest BCUT2D eigenvalue weighted by molar-refractivity contribution is 5.77. The standard InChI is InChI=1S/C11H22N2O2.2C6H11N3O/c1-11(2,3)15-10(14)13-8-9-5-4-6-12-7-9;2*10-6-8-4-5-3-7-1-2-9(5)6/h9,12H,4-8H2,1-3H3,(H,13,14);2*5,7H,1-4H2,(H,8,10)/t;2*5-/m.10/s1. The molecule has 5 aliphatic heterocycles. The molecule has 0 aromatic heterocycles. The first-order chi connectivity index (χ1) is 16.7. The van der Waals surface area contributed by atoms with Gasteiger partial charge in [0, 0.05) is 58.9 Å². The number of fused-ring (bicyclic) bond motifs is 2. The number of carbonyl (C=O) groups is 3. The summed E-state index contributed by atoms with van der Waals surface area (Å²) in [5, 5.41) is 18.2. The summed E-state index contributed by atoms with van der Waals surface area (Å²) in [5.41, 5.74) is -0.408. The van der Waals surface area contributed by atoms with Crippen molar-refractivity contribution in [3.05, 3.63) is 0 Å². The zero-order chi connectivity index (χ0) is 25.3. The SMILES string of the molecule is CC(C)(C)OC(=O)NCC1CCCNC1.O=C1NC[C@@H]2CNCCN12.O=C1NC[C@H]2CNCCN12. The van der Waals surface area contributed by atoms with Gasteiger partial charge in [0.1, 0.15) is 5.60 Å². The lowest BCUT2D eigenvalue weighted by molar-refractivity contribution is 0.0516. The Labute approximate surface area is 208 Å². The molecule has 35 heavy (non-hydrogen) atoms. The van der Waals surface area contributed by atoms with Crippen molar-refractivity contribution >= 4 is 18.2 Å². The van der Waals surface area contributed by atoms with E-state index in [1.807, 2.05) is 30.6 Å².